The summed E-state index contributed by atoms with van der Waals surface area (Å²) in [5, 5.41) is 5.24. The van der Waals surface area contributed by atoms with Crippen LogP contribution in [0.25, 0.3) is 22.2 Å². The van der Waals surface area contributed by atoms with Crippen molar-refractivity contribution in [1.82, 2.24) is 5.16 Å². The summed E-state index contributed by atoms with van der Waals surface area (Å²) in [4.78, 5) is 0. The van der Waals surface area contributed by atoms with Crippen LogP contribution in [0.3, 0.4) is 0 Å². The van der Waals surface area contributed by atoms with E-state index in [1.807, 2.05) is 123 Å². The molecular formula is C30H41NO3. The van der Waals surface area contributed by atoms with Gasteiger partial charge in [0, 0.05) is 16.7 Å². The zero-order valence-electron chi connectivity index (χ0n) is 22.3. The van der Waals surface area contributed by atoms with Crippen LogP contribution in [0, 0.1) is 6.92 Å². The summed E-state index contributed by atoms with van der Waals surface area (Å²) in [5.74, 6) is -0.112. The van der Waals surface area contributed by atoms with Crippen molar-refractivity contribution in [2.24, 2.45) is 0 Å². The number of nitrogens with zero attached hydrogens (tertiary/aromatic N) is 1. The quantitative estimate of drug-likeness (QED) is 0.304. The van der Waals surface area contributed by atoms with E-state index in [0.29, 0.717) is 0 Å². The first kappa shape index (κ1) is 29.1. The second kappa shape index (κ2) is 15.0. The van der Waals surface area contributed by atoms with Gasteiger partial charge in [-0.2, -0.15) is 0 Å². The molecule has 0 amide bonds. The van der Waals surface area contributed by atoms with E-state index in [2.05, 4.69) is 17.3 Å². The molecule has 0 N–H and O–H groups in total. The number of hydrogen-bond acceptors (Lipinski definition) is 4. The fraction of sp³-hybridized carbons (Fsp3) is 0.367. The standard InChI is InChI=1S/C22H17NO3.4C2H6/c1-15-12-18(22(24-14-25-22)17-10-6-3-7-11-17)13-19-20(15)23-26-21(19)16-8-4-2-5-9-16;4*1-2/h2-13H,14H2,1H3;4*1-2H3. The lowest BCUT2D eigenvalue weighted by Gasteiger charge is -2.42. The molecule has 3 aromatic carbocycles. The van der Waals surface area contributed by atoms with E-state index in [9.17, 15) is 0 Å². The number of rotatable bonds is 3. The molecule has 4 nitrogen and oxygen atoms in total. The third-order valence-electron chi connectivity index (χ3n) is 4.87. The van der Waals surface area contributed by atoms with Gasteiger partial charge in [-0.25, -0.2) is 0 Å². The summed E-state index contributed by atoms with van der Waals surface area (Å²) in [7, 11) is 0. The predicted molar refractivity (Wildman–Crippen MR) is 144 cm³/mol. The number of hydrogen-bond donors (Lipinski definition) is 0. The fourth-order valence-electron chi connectivity index (χ4n) is 3.54. The van der Waals surface area contributed by atoms with Gasteiger partial charge in [0.2, 0.25) is 5.79 Å². The van der Waals surface area contributed by atoms with Crippen LogP contribution in [0.2, 0.25) is 0 Å². The summed E-state index contributed by atoms with van der Waals surface area (Å²) in [5.41, 5.74) is 4.80. The third kappa shape index (κ3) is 5.94. The molecule has 0 radical (unpaired) electrons. The third-order valence-corrected chi connectivity index (χ3v) is 4.87. The minimum atomic E-state index is -0.870. The summed E-state index contributed by atoms with van der Waals surface area (Å²) in [6.45, 7) is 18.3. The lowest BCUT2D eigenvalue weighted by atomic mass is 9.92. The first-order valence-corrected chi connectivity index (χ1v) is 12.6. The largest absolute Gasteiger partial charge is 0.355 e. The molecule has 0 aliphatic carbocycles. The van der Waals surface area contributed by atoms with Crippen molar-refractivity contribution >= 4 is 10.9 Å². The van der Waals surface area contributed by atoms with Crippen molar-refractivity contribution in [3.63, 3.8) is 0 Å². The second-order valence-electron chi connectivity index (χ2n) is 6.46. The van der Waals surface area contributed by atoms with E-state index in [1.54, 1.807) is 0 Å². The van der Waals surface area contributed by atoms with Gasteiger partial charge in [-0.3, -0.25) is 0 Å². The van der Waals surface area contributed by atoms with Gasteiger partial charge in [0.25, 0.3) is 0 Å². The molecule has 1 saturated heterocycles. The summed E-state index contributed by atoms with van der Waals surface area (Å²) < 4.78 is 17.6. The lowest BCUT2D eigenvalue weighted by molar-refractivity contribution is -0.386. The molecule has 4 aromatic rings. The van der Waals surface area contributed by atoms with Gasteiger partial charge in [0.1, 0.15) is 5.52 Å². The van der Waals surface area contributed by atoms with E-state index in [1.165, 1.54) is 0 Å². The van der Waals surface area contributed by atoms with Crippen LogP contribution >= 0.6 is 0 Å². The number of aromatic nitrogens is 1. The van der Waals surface area contributed by atoms with Crippen molar-refractivity contribution in [2.75, 3.05) is 6.79 Å². The molecule has 0 atom stereocenters. The average molecular weight is 464 g/mol. The maximum Gasteiger partial charge on any atom is 0.226 e. The first-order valence-electron chi connectivity index (χ1n) is 12.6. The highest BCUT2D eigenvalue weighted by atomic mass is 16.9. The van der Waals surface area contributed by atoms with Gasteiger partial charge >= 0.3 is 0 Å². The van der Waals surface area contributed by atoms with Gasteiger partial charge in [0.15, 0.2) is 12.6 Å². The highest BCUT2D eigenvalue weighted by molar-refractivity contribution is 5.94. The molecule has 1 aliphatic rings. The van der Waals surface area contributed by atoms with Crippen molar-refractivity contribution < 1.29 is 14.0 Å². The summed E-state index contributed by atoms with van der Waals surface area (Å²) in [6.07, 6.45) is 0. The molecule has 4 heteroatoms. The Kier molecular flexibility index (Phi) is 12.9. The van der Waals surface area contributed by atoms with E-state index in [4.69, 9.17) is 14.0 Å². The van der Waals surface area contributed by atoms with E-state index < -0.39 is 5.79 Å². The van der Waals surface area contributed by atoms with Crippen LogP contribution < -0.4 is 0 Å². The monoisotopic (exact) mass is 463 g/mol. The molecule has 1 fully saturated rings. The topological polar surface area (TPSA) is 44.5 Å². The Morgan fingerprint density at radius 3 is 1.71 bits per heavy atom. The fourth-order valence-corrected chi connectivity index (χ4v) is 3.54. The Bertz CT molecular complexity index is 1070. The van der Waals surface area contributed by atoms with Crippen molar-refractivity contribution in [3.05, 3.63) is 89.5 Å². The number of fused-ring (bicyclic) bond motifs is 1. The summed E-state index contributed by atoms with van der Waals surface area (Å²) >= 11 is 0. The normalized spacial score (nSPS) is 12.7. The minimum Gasteiger partial charge on any atom is -0.355 e. The number of benzene rings is 3. The maximum atomic E-state index is 5.94. The molecule has 0 unspecified atom stereocenters. The Labute approximate surface area is 205 Å². The van der Waals surface area contributed by atoms with Gasteiger partial charge in [-0.15, -0.1) is 0 Å². The van der Waals surface area contributed by atoms with Gasteiger partial charge in [-0.05, 0) is 24.6 Å². The maximum absolute atomic E-state index is 5.94. The molecule has 184 valence electrons. The molecule has 34 heavy (non-hydrogen) atoms. The van der Waals surface area contributed by atoms with Gasteiger partial charge < -0.3 is 14.0 Å². The molecule has 1 aromatic heterocycles. The number of ether oxygens (including phenoxy) is 2. The van der Waals surface area contributed by atoms with E-state index in [-0.39, 0.29) is 6.79 Å². The van der Waals surface area contributed by atoms with Crippen LogP contribution in [0.5, 0.6) is 0 Å². The van der Waals surface area contributed by atoms with Crippen molar-refractivity contribution in [1.29, 1.82) is 0 Å². The van der Waals surface area contributed by atoms with Crippen molar-refractivity contribution in [2.45, 2.75) is 68.1 Å². The van der Waals surface area contributed by atoms with Crippen LogP contribution in [-0.2, 0) is 15.3 Å². The Morgan fingerprint density at radius 1 is 0.676 bits per heavy atom. The Hall–Kier alpha value is -2.95. The SMILES string of the molecule is CC.CC.CC.CC.Cc1cc(C2(c3ccccc3)OCO2)cc2c(-c3ccccc3)onc12. The van der Waals surface area contributed by atoms with Crippen LogP contribution in [0.4, 0.5) is 0 Å². The number of aryl methyl sites for hydroxylation is 1. The molecule has 0 bridgehead atoms. The van der Waals surface area contributed by atoms with Crippen LogP contribution in [0.1, 0.15) is 72.1 Å². The zero-order chi connectivity index (χ0) is 25.6. The molecule has 1 aliphatic heterocycles. The smallest absolute Gasteiger partial charge is 0.226 e. The zero-order valence-corrected chi connectivity index (χ0v) is 22.3. The molecule has 0 saturated carbocycles. The second-order valence-corrected chi connectivity index (χ2v) is 6.46. The van der Waals surface area contributed by atoms with E-state index >= 15 is 0 Å². The predicted octanol–water partition coefficient (Wildman–Crippen LogP) is 9.11. The molecule has 0 spiro atoms. The average Bonchev–Trinajstić information content (AvgIpc) is 3.34. The lowest BCUT2D eigenvalue weighted by Crippen LogP contribution is -2.45. The highest BCUT2D eigenvalue weighted by Gasteiger charge is 2.44. The van der Waals surface area contributed by atoms with Crippen LogP contribution in [0.15, 0.2) is 77.3 Å². The Balaban J connectivity index is 0.000000659. The van der Waals surface area contributed by atoms with E-state index in [0.717, 1.165) is 38.9 Å². The Morgan fingerprint density at radius 2 is 1.21 bits per heavy atom. The van der Waals surface area contributed by atoms with Crippen LogP contribution in [-0.4, -0.2) is 11.9 Å². The summed E-state index contributed by atoms with van der Waals surface area (Å²) in [6, 6.07) is 24.1. The molecular weight excluding hydrogens is 422 g/mol. The first-order chi connectivity index (χ1) is 16.8. The molecule has 5 rings (SSSR count). The van der Waals surface area contributed by atoms with Gasteiger partial charge in [-0.1, -0.05) is 121 Å². The minimum absolute atomic E-state index is 0.279. The van der Waals surface area contributed by atoms with Gasteiger partial charge in [0.05, 0.1) is 5.39 Å². The highest BCUT2D eigenvalue weighted by Crippen LogP contribution is 2.43. The molecule has 2 heterocycles. The van der Waals surface area contributed by atoms with Crippen molar-refractivity contribution in [3.8, 4) is 11.3 Å².